The fourth-order valence-corrected chi connectivity index (χ4v) is 4.05. The highest BCUT2D eigenvalue weighted by Gasteiger charge is 2.24. The number of imidazole rings is 1. The first kappa shape index (κ1) is 19.5. The van der Waals surface area contributed by atoms with Gasteiger partial charge in [-0.2, -0.15) is 0 Å². The third-order valence-corrected chi connectivity index (χ3v) is 6.10. The third kappa shape index (κ3) is 4.29. The number of fused-ring (bicyclic) bond motifs is 1. The average molecular weight is 392 g/mol. The Hall–Kier alpha value is -2.82. The molecule has 0 atom stereocenters. The lowest BCUT2D eigenvalue weighted by Crippen LogP contribution is -2.41. The Morgan fingerprint density at radius 2 is 1.79 bits per heavy atom. The minimum absolute atomic E-state index is 0.0749. The molecular formula is C24H29N3O2. The average Bonchev–Trinajstić information content (AvgIpc) is 3.09. The predicted octanol–water partition coefficient (Wildman–Crippen LogP) is 4.28. The molecule has 3 aromatic rings. The van der Waals surface area contributed by atoms with E-state index >= 15 is 0 Å². The SMILES string of the molecule is Cc1cc2ncn(CC3CCN(C(=O)COc4ccccc4C)CC3)c2cc1C. The van der Waals surface area contributed by atoms with Crippen molar-refractivity contribution >= 4 is 16.9 Å². The van der Waals surface area contributed by atoms with E-state index in [0.717, 1.165) is 49.3 Å². The topological polar surface area (TPSA) is 47.4 Å². The van der Waals surface area contributed by atoms with Gasteiger partial charge in [-0.25, -0.2) is 4.98 Å². The van der Waals surface area contributed by atoms with Crippen molar-refractivity contribution in [2.45, 2.75) is 40.2 Å². The van der Waals surface area contributed by atoms with Gasteiger partial charge in [0.25, 0.3) is 5.91 Å². The van der Waals surface area contributed by atoms with Crippen molar-refractivity contribution in [1.29, 1.82) is 0 Å². The van der Waals surface area contributed by atoms with Crippen LogP contribution in [0.4, 0.5) is 0 Å². The van der Waals surface area contributed by atoms with Crippen LogP contribution < -0.4 is 4.74 Å². The molecule has 2 aromatic carbocycles. The zero-order valence-corrected chi connectivity index (χ0v) is 17.5. The summed E-state index contributed by atoms with van der Waals surface area (Å²) < 4.78 is 8.00. The number of benzene rings is 2. The standard InChI is InChI=1S/C24H29N3O2/c1-17-6-4-5-7-23(17)29-15-24(28)26-10-8-20(9-11-26)14-27-16-25-21-12-18(2)19(3)13-22(21)27/h4-7,12-13,16,20H,8-11,14-15H2,1-3H3. The highest BCUT2D eigenvalue weighted by molar-refractivity contribution is 5.78. The smallest absolute Gasteiger partial charge is 0.260 e. The van der Waals surface area contributed by atoms with E-state index in [0.29, 0.717) is 5.92 Å². The van der Waals surface area contributed by atoms with Gasteiger partial charge in [-0.15, -0.1) is 0 Å². The fourth-order valence-electron chi connectivity index (χ4n) is 4.05. The number of hydrogen-bond donors (Lipinski definition) is 0. The summed E-state index contributed by atoms with van der Waals surface area (Å²) in [6.45, 7) is 8.93. The number of hydrogen-bond acceptors (Lipinski definition) is 3. The van der Waals surface area contributed by atoms with Crippen molar-refractivity contribution in [2.24, 2.45) is 5.92 Å². The number of amides is 1. The lowest BCUT2D eigenvalue weighted by molar-refractivity contribution is -0.134. The summed E-state index contributed by atoms with van der Waals surface area (Å²) in [6, 6.07) is 12.2. The molecule has 1 aliphatic rings. The summed E-state index contributed by atoms with van der Waals surface area (Å²) >= 11 is 0. The van der Waals surface area contributed by atoms with Crippen molar-refractivity contribution in [2.75, 3.05) is 19.7 Å². The monoisotopic (exact) mass is 391 g/mol. The Bertz CT molecular complexity index is 1020. The number of carbonyl (C=O) groups excluding carboxylic acids is 1. The molecule has 152 valence electrons. The molecule has 0 N–H and O–H groups in total. The van der Waals surface area contributed by atoms with Gasteiger partial charge >= 0.3 is 0 Å². The summed E-state index contributed by atoms with van der Waals surface area (Å²) in [4.78, 5) is 19.0. The van der Waals surface area contributed by atoms with Crippen LogP contribution in [0.5, 0.6) is 5.75 Å². The number of nitrogens with zero attached hydrogens (tertiary/aromatic N) is 3. The van der Waals surface area contributed by atoms with Crippen LogP contribution in [0.15, 0.2) is 42.7 Å². The molecule has 0 aliphatic carbocycles. The molecule has 0 unspecified atom stereocenters. The number of aromatic nitrogens is 2. The van der Waals surface area contributed by atoms with Gasteiger partial charge < -0.3 is 14.2 Å². The molecule has 1 saturated heterocycles. The number of para-hydroxylation sites is 1. The van der Waals surface area contributed by atoms with Crippen molar-refractivity contribution in [3.8, 4) is 5.75 Å². The van der Waals surface area contributed by atoms with Crippen LogP contribution in [0.3, 0.4) is 0 Å². The maximum atomic E-state index is 12.5. The molecular weight excluding hydrogens is 362 g/mol. The summed E-state index contributed by atoms with van der Waals surface area (Å²) in [5.74, 6) is 1.43. The van der Waals surface area contributed by atoms with Crippen LogP contribution >= 0.6 is 0 Å². The van der Waals surface area contributed by atoms with Gasteiger partial charge in [0.1, 0.15) is 5.75 Å². The van der Waals surface area contributed by atoms with Gasteiger partial charge in [0, 0.05) is 19.6 Å². The number of piperidine rings is 1. The van der Waals surface area contributed by atoms with Crippen LogP contribution in [0.25, 0.3) is 11.0 Å². The first-order chi connectivity index (χ1) is 14.0. The molecule has 0 bridgehead atoms. The largest absolute Gasteiger partial charge is 0.484 e. The van der Waals surface area contributed by atoms with E-state index in [9.17, 15) is 4.79 Å². The van der Waals surface area contributed by atoms with E-state index in [2.05, 4.69) is 35.5 Å². The summed E-state index contributed by atoms with van der Waals surface area (Å²) in [7, 11) is 0. The molecule has 0 radical (unpaired) electrons. The molecule has 4 rings (SSSR count). The molecule has 1 aromatic heterocycles. The Morgan fingerprint density at radius 1 is 1.07 bits per heavy atom. The van der Waals surface area contributed by atoms with Gasteiger partial charge in [-0.1, -0.05) is 18.2 Å². The van der Waals surface area contributed by atoms with Gasteiger partial charge in [-0.05, 0) is 74.4 Å². The van der Waals surface area contributed by atoms with E-state index in [4.69, 9.17) is 4.74 Å². The van der Waals surface area contributed by atoms with Crippen LogP contribution in [0, 0.1) is 26.7 Å². The fraction of sp³-hybridized carbons (Fsp3) is 0.417. The van der Waals surface area contributed by atoms with E-state index in [1.807, 2.05) is 42.4 Å². The van der Waals surface area contributed by atoms with Crippen LogP contribution in [0.2, 0.25) is 0 Å². The van der Waals surface area contributed by atoms with Crippen molar-refractivity contribution in [1.82, 2.24) is 14.5 Å². The number of carbonyl (C=O) groups is 1. The molecule has 5 nitrogen and oxygen atoms in total. The van der Waals surface area contributed by atoms with E-state index < -0.39 is 0 Å². The second-order valence-corrected chi connectivity index (χ2v) is 8.20. The van der Waals surface area contributed by atoms with E-state index in [1.165, 1.54) is 16.6 Å². The normalized spacial score (nSPS) is 15.1. The Labute approximate surface area is 172 Å². The number of rotatable bonds is 5. The van der Waals surface area contributed by atoms with Crippen LogP contribution in [-0.4, -0.2) is 40.1 Å². The summed E-state index contributed by atoms with van der Waals surface area (Å²) in [5, 5.41) is 0. The highest BCUT2D eigenvalue weighted by Crippen LogP contribution is 2.24. The van der Waals surface area contributed by atoms with Crippen molar-refractivity contribution < 1.29 is 9.53 Å². The third-order valence-electron chi connectivity index (χ3n) is 6.10. The minimum atomic E-state index is 0.0749. The summed E-state index contributed by atoms with van der Waals surface area (Å²) in [6.07, 6.45) is 3.98. The highest BCUT2D eigenvalue weighted by atomic mass is 16.5. The Kier molecular flexibility index (Phi) is 5.56. The number of ether oxygens (including phenoxy) is 1. The Balaban J connectivity index is 1.31. The lowest BCUT2D eigenvalue weighted by atomic mass is 9.96. The lowest BCUT2D eigenvalue weighted by Gasteiger charge is -2.32. The second kappa shape index (κ2) is 8.27. The van der Waals surface area contributed by atoms with Crippen LogP contribution in [0.1, 0.15) is 29.5 Å². The van der Waals surface area contributed by atoms with Gasteiger partial charge in [0.05, 0.1) is 17.4 Å². The number of aryl methyl sites for hydroxylation is 3. The van der Waals surface area contributed by atoms with E-state index in [1.54, 1.807) is 0 Å². The molecule has 5 heteroatoms. The maximum absolute atomic E-state index is 12.5. The van der Waals surface area contributed by atoms with Gasteiger partial charge in [0.2, 0.25) is 0 Å². The minimum Gasteiger partial charge on any atom is -0.484 e. The van der Waals surface area contributed by atoms with Gasteiger partial charge in [0.15, 0.2) is 6.61 Å². The van der Waals surface area contributed by atoms with Crippen LogP contribution in [-0.2, 0) is 11.3 Å². The van der Waals surface area contributed by atoms with Crippen molar-refractivity contribution in [3.63, 3.8) is 0 Å². The summed E-state index contributed by atoms with van der Waals surface area (Å²) in [5.41, 5.74) is 5.90. The van der Waals surface area contributed by atoms with Crippen molar-refractivity contribution in [3.05, 3.63) is 59.4 Å². The number of likely N-dealkylation sites (tertiary alicyclic amines) is 1. The first-order valence-corrected chi connectivity index (χ1v) is 10.4. The first-order valence-electron chi connectivity index (χ1n) is 10.4. The van der Waals surface area contributed by atoms with E-state index in [-0.39, 0.29) is 12.5 Å². The quantitative estimate of drug-likeness (QED) is 0.652. The zero-order chi connectivity index (χ0) is 20.4. The maximum Gasteiger partial charge on any atom is 0.260 e. The molecule has 1 aliphatic heterocycles. The predicted molar refractivity (Wildman–Crippen MR) is 115 cm³/mol. The zero-order valence-electron chi connectivity index (χ0n) is 17.5. The molecule has 0 saturated carbocycles. The molecule has 29 heavy (non-hydrogen) atoms. The molecule has 2 heterocycles. The molecule has 1 fully saturated rings. The molecule has 0 spiro atoms. The Morgan fingerprint density at radius 3 is 2.55 bits per heavy atom. The second-order valence-electron chi connectivity index (χ2n) is 8.20. The van der Waals surface area contributed by atoms with Gasteiger partial charge in [-0.3, -0.25) is 4.79 Å². The molecule has 1 amide bonds.